The number of aryl methyl sites for hydroxylation is 4. The van der Waals surface area contributed by atoms with E-state index in [2.05, 4.69) is 14.9 Å². The van der Waals surface area contributed by atoms with Crippen LogP contribution in [0.5, 0.6) is 0 Å². The van der Waals surface area contributed by atoms with Crippen LogP contribution in [0.3, 0.4) is 0 Å². The molecule has 19 heavy (non-hydrogen) atoms. The van der Waals surface area contributed by atoms with Crippen LogP contribution in [0, 0.1) is 13.8 Å². The minimum atomic E-state index is -3.63. The first-order chi connectivity index (χ1) is 8.83. The Balaban J connectivity index is 2.37. The fraction of sp³-hybridized carbons (Fsp3) is 0.455. The molecular formula is C11H17N5O2S. The molecule has 8 heteroatoms. The maximum Gasteiger partial charge on any atom is 0.265 e. The molecule has 104 valence electrons. The summed E-state index contributed by atoms with van der Waals surface area (Å²) in [5.74, 6) is 0. The van der Waals surface area contributed by atoms with Gasteiger partial charge in [-0.1, -0.05) is 0 Å². The number of nitrogens with zero attached hydrogens (tertiary/aromatic N) is 4. The topological polar surface area (TPSA) is 81.8 Å². The molecule has 0 saturated carbocycles. The second kappa shape index (κ2) is 4.69. The number of hydrogen-bond donors (Lipinski definition) is 1. The van der Waals surface area contributed by atoms with Gasteiger partial charge in [-0.2, -0.15) is 10.2 Å². The average Bonchev–Trinajstić information content (AvgIpc) is 2.82. The van der Waals surface area contributed by atoms with E-state index in [1.54, 1.807) is 36.5 Å². The van der Waals surface area contributed by atoms with Gasteiger partial charge in [0.1, 0.15) is 4.90 Å². The van der Waals surface area contributed by atoms with Crippen molar-refractivity contribution in [2.75, 3.05) is 4.72 Å². The third-order valence-corrected chi connectivity index (χ3v) is 4.24. The van der Waals surface area contributed by atoms with Gasteiger partial charge in [-0.25, -0.2) is 8.42 Å². The summed E-state index contributed by atoms with van der Waals surface area (Å²) in [6, 6.07) is 0. The molecule has 0 amide bonds. The Hall–Kier alpha value is -1.83. The SMILES string of the molecule is CCn1cc(S(=O)(=O)Nc2cn(C)nc2C)c(C)n1. The fourth-order valence-electron chi connectivity index (χ4n) is 1.82. The predicted molar refractivity (Wildman–Crippen MR) is 71.4 cm³/mol. The molecule has 0 fully saturated rings. The standard InChI is InChI=1S/C11H17N5O2S/c1-5-16-7-11(9(3)13-16)19(17,18)14-10-6-15(4)12-8(10)2/h6-7,14H,5H2,1-4H3. The molecule has 0 bridgehead atoms. The summed E-state index contributed by atoms with van der Waals surface area (Å²) >= 11 is 0. The maximum absolute atomic E-state index is 12.3. The quantitative estimate of drug-likeness (QED) is 0.909. The molecule has 0 saturated heterocycles. The first-order valence-corrected chi connectivity index (χ1v) is 7.39. The molecule has 0 aliphatic heterocycles. The van der Waals surface area contributed by atoms with Crippen molar-refractivity contribution < 1.29 is 8.42 Å². The monoisotopic (exact) mass is 283 g/mol. The molecule has 0 aliphatic carbocycles. The summed E-state index contributed by atoms with van der Waals surface area (Å²) in [5, 5.41) is 8.24. The van der Waals surface area contributed by atoms with Gasteiger partial charge in [0.25, 0.3) is 10.0 Å². The number of nitrogens with one attached hydrogen (secondary N) is 1. The first-order valence-electron chi connectivity index (χ1n) is 5.90. The normalized spacial score (nSPS) is 11.8. The average molecular weight is 283 g/mol. The molecule has 2 heterocycles. The Morgan fingerprint density at radius 2 is 1.89 bits per heavy atom. The van der Waals surface area contributed by atoms with E-state index in [4.69, 9.17) is 0 Å². The van der Waals surface area contributed by atoms with Gasteiger partial charge in [-0.3, -0.25) is 14.1 Å². The van der Waals surface area contributed by atoms with Gasteiger partial charge < -0.3 is 0 Å². The minimum absolute atomic E-state index is 0.192. The Labute approximate surface area is 112 Å². The van der Waals surface area contributed by atoms with Gasteiger partial charge in [0, 0.05) is 26.0 Å². The molecule has 2 aromatic rings. The van der Waals surface area contributed by atoms with E-state index >= 15 is 0 Å². The van der Waals surface area contributed by atoms with Crippen LogP contribution < -0.4 is 4.72 Å². The Morgan fingerprint density at radius 3 is 2.37 bits per heavy atom. The number of sulfonamides is 1. The van der Waals surface area contributed by atoms with Crippen LogP contribution in [0.2, 0.25) is 0 Å². The molecule has 1 N–H and O–H groups in total. The lowest BCUT2D eigenvalue weighted by Crippen LogP contribution is -2.13. The minimum Gasteiger partial charge on any atom is -0.276 e. The van der Waals surface area contributed by atoms with E-state index in [0.717, 1.165) is 0 Å². The van der Waals surface area contributed by atoms with Crippen molar-refractivity contribution in [1.82, 2.24) is 19.6 Å². The molecule has 2 aromatic heterocycles. The number of rotatable bonds is 4. The van der Waals surface area contributed by atoms with Gasteiger partial charge in [-0.15, -0.1) is 0 Å². The number of aromatic nitrogens is 4. The lowest BCUT2D eigenvalue weighted by Gasteiger charge is -2.05. The van der Waals surface area contributed by atoms with Crippen LogP contribution >= 0.6 is 0 Å². The molecule has 0 unspecified atom stereocenters. The van der Waals surface area contributed by atoms with E-state index in [0.29, 0.717) is 23.6 Å². The van der Waals surface area contributed by atoms with Crippen LogP contribution in [-0.2, 0) is 23.6 Å². The van der Waals surface area contributed by atoms with Crippen molar-refractivity contribution in [1.29, 1.82) is 0 Å². The highest BCUT2D eigenvalue weighted by atomic mass is 32.2. The lowest BCUT2D eigenvalue weighted by molar-refractivity contribution is 0.600. The molecule has 7 nitrogen and oxygen atoms in total. The Kier molecular flexibility index (Phi) is 3.36. The van der Waals surface area contributed by atoms with Gasteiger partial charge in [0.15, 0.2) is 0 Å². The number of hydrogen-bond acceptors (Lipinski definition) is 4. The van der Waals surface area contributed by atoms with Gasteiger partial charge >= 0.3 is 0 Å². The number of anilines is 1. The molecule has 0 atom stereocenters. The van der Waals surface area contributed by atoms with Crippen molar-refractivity contribution in [3.05, 3.63) is 23.8 Å². The van der Waals surface area contributed by atoms with Crippen LogP contribution in [0.25, 0.3) is 0 Å². The van der Waals surface area contributed by atoms with E-state index in [9.17, 15) is 8.42 Å². The van der Waals surface area contributed by atoms with Gasteiger partial charge in [0.05, 0.1) is 17.1 Å². The van der Waals surface area contributed by atoms with E-state index < -0.39 is 10.0 Å². The third kappa shape index (κ3) is 2.62. The van der Waals surface area contributed by atoms with Crippen LogP contribution in [0.1, 0.15) is 18.3 Å². The van der Waals surface area contributed by atoms with Crippen LogP contribution in [-0.4, -0.2) is 28.0 Å². The van der Waals surface area contributed by atoms with E-state index in [1.807, 2.05) is 6.92 Å². The molecule has 2 rings (SSSR count). The summed E-state index contributed by atoms with van der Waals surface area (Å²) in [6.45, 7) is 5.96. The highest BCUT2D eigenvalue weighted by Gasteiger charge is 2.21. The van der Waals surface area contributed by atoms with Crippen molar-refractivity contribution in [2.24, 2.45) is 7.05 Å². The van der Waals surface area contributed by atoms with E-state index in [1.165, 1.54) is 6.20 Å². The largest absolute Gasteiger partial charge is 0.276 e. The summed E-state index contributed by atoms with van der Waals surface area (Å²) in [6.07, 6.45) is 3.16. The maximum atomic E-state index is 12.3. The van der Waals surface area contributed by atoms with Gasteiger partial charge in [-0.05, 0) is 20.8 Å². The molecule has 0 aromatic carbocycles. The van der Waals surface area contributed by atoms with Gasteiger partial charge in [0.2, 0.25) is 0 Å². The summed E-state index contributed by atoms with van der Waals surface area (Å²) < 4.78 is 30.3. The summed E-state index contributed by atoms with van der Waals surface area (Å²) in [4.78, 5) is 0.192. The zero-order valence-corrected chi connectivity index (χ0v) is 12.2. The van der Waals surface area contributed by atoms with Crippen molar-refractivity contribution in [3.8, 4) is 0 Å². The van der Waals surface area contributed by atoms with Crippen molar-refractivity contribution in [2.45, 2.75) is 32.2 Å². The Bertz CT molecular complexity index is 699. The predicted octanol–water partition coefficient (Wildman–Crippen LogP) is 1.05. The van der Waals surface area contributed by atoms with Crippen LogP contribution in [0.15, 0.2) is 17.3 Å². The highest BCUT2D eigenvalue weighted by Crippen LogP contribution is 2.20. The van der Waals surface area contributed by atoms with E-state index in [-0.39, 0.29) is 4.90 Å². The summed E-state index contributed by atoms with van der Waals surface area (Å²) in [7, 11) is -1.89. The zero-order valence-electron chi connectivity index (χ0n) is 11.4. The van der Waals surface area contributed by atoms with Crippen molar-refractivity contribution >= 4 is 15.7 Å². The van der Waals surface area contributed by atoms with Crippen molar-refractivity contribution in [3.63, 3.8) is 0 Å². The second-order valence-electron chi connectivity index (χ2n) is 4.34. The fourth-order valence-corrected chi connectivity index (χ4v) is 3.12. The molecule has 0 radical (unpaired) electrons. The smallest absolute Gasteiger partial charge is 0.265 e. The lowest BCUT2D eigenvalue weighted by atomic mass is 10.4. The van der Waals surface area contributed by atoms with Crippen LogP contribution in [0.4, 0.5) is 5.69 Å². The molecule has 0 aliphatic rings. The molecular weight excluding hydrogens is 266 g/mol. The zero-order chi connectivity index (χ0) is 14.2. The Morgan fingerprint density at radius 1 is 1.21 bits per heavy atom. The second-order valence-corrected chi connectivity index (χ2v) is 5.99. The molecule has 0 spiro atoms. The summed E-state index contributed by atoms with van der Waals surface area (Å²) in [5.41, 5.74) is 1.59. The third-order valence-electron chi connectivity index (χ3n) is 2.77. The highest BCUT2D eigenvalue weighted by molar-refractivity contribution is 7.92. The first kappa shape index (κ1) is 13.6.